The molecule has 0 heterocycles. The predicted molar refractivity (Wildman–Crippen MR) is 343 cm³/mol. The van der Waals surface area contributed by atoms with Gasteiger partial charge in [0.25, 0.3) is 0 Å². The lowest BCUT2D eigenvalue weighted by atomic mass is 10.2. The van der Waals surface area contributed by atoms with E-state index in [2.05, 4.69) is 24.3 Å². The van der Waals surface area contributed by atoms with Crippen LogP contribution in [0.4, 0.5) is 0 Å². The molecule has 0 aromatic heterocycles. The van der Waals surface area contributed by atoms with Crippen LogP contribution in [0.1, 0.15) is 16.7 Å². The minimum Gasteiger partial charge on any atom is -0.491 e. The number of benzene rings is 4. The molecule has 2 N–H and O–H groups in total. The zero-order valence-electron chi connectivity index (χ0n) is 52.4. The van der Waals surface area contributed by atoms with Crippen molar-refractivity contribution in [2.75, 3.05) is 238 Å². The number of phosphoric acid groups is 1. The van der Waals surface area contributed by atoms with Gasteiger partial charge in [0, 0.05) is 0 Å². The monoisotopic (exact) mass is 1280 g/mol. The van der Waals surface area contributed by atoms with Gasteiger partial charge >= 0.3 is 7.82 Å². The summed E-state index contributed by atoms with van der Waals surface area (Å²) in [5.74, 6) is 0.836. The van der Waals surface area contributed by atoms with E-state index in [9.17, 15) is 4.57 Å². The molecule has 0 fully saturated rings. The minimum atomic E-state index is -4.45. The van der Waals surface area contributed by atoms with Gasteiger partial charge in [-0.3, -0.25) is 4.52 Å². The van der Waals surface area contributed by atoms with Crippen LogP contribution in [-0.2, 0) is 89.6 Å². The Bertz CT molecular complexity index is 1990. The summed E-state index contributed by atoms with van der Waals surface area (Å²) in [5, 5.41) is 0. The van der Waals surface area contributed by atoms with Crippen LogP contribution in [0.3, 0.4) is 0 Å². The Morgan fingerprint density at radius 1 is 0.247 bits per heavy atom. The van der Waals surface area contributed by atoms with Gasteiger partial charge in [-0.25, -0.2) is 4.57 Å². The van der Waals surface area contributed by atoms with Crippen LogP contribution < -0.4 is 4.74 Å². The van der Waals surface area contributed by atoms with Gasteiger partial charge in [-0.1, -0.05) is 147 Å². The van der Waals surface area contributed by atoms with E-state index >= 15 is 0 Å². The molecular weight excluding hydrogens is 1180 g/mol. The molecule has 0 aliphatic heterocycles. The molecule has 0 spiro atoms. The van der Waals surface area contributed by atoms with Gasteiger partial charge in [-0.05, 0) is 28.8 Å². The molecule has 0 amide bonds. The number of phosphoric ester groups is 1. The van der Waals surface area contributed by atoms with E-state index in [0.717, 1.165) is 5.75 Å². The Kier molecular flexibility index (Phi) is 62.7. The molecule has 0 saturated heterocycles. The standard InChI is InChI=1S/C42H79O22P.3C8H8/c43-65(44,45)64-41-39-62-37-35-60-33-31-58-29-27-56-25-23-54-21-19-52-17-15-50-13-11-48-9-7-46-6-8-47-10-12-49-14-16-51-18-20-53-22-24-55-26-28-57-30-32-59-34-36-61-38-40-63-42-4-2-1-3-5-42;3*1-2-8-6-4-3-5-7-8/h1-5H,6-41H2,(H2,43,44,45);3*2-7H,1H2. The van der Waals surface area contributed by atoms with E-state index < -0.39 is 7.82 Å². The SMILES string of the molecule is C=Cc1ccccc1.C=Cc1ccccc1.C=Cc1ccccc1.O=P(O)(O)OCCOCCOCCOCCOCCOCCOCCOCCOCCOCCOCCOCCOCCOCCOCCOCCOCCOCCOc1ccccc1. The summed E-state index contributed by atoms with van der Waals surface area (Å²) in [7, 11) is -4.45. The molecule has 0 atom stereocenters. The van der Waals surface area contributed by atoms with Gasteiger partial charge in [0.2, 0.25) is 0 Å². The highest BCUT2D eigenvalue weighted by Crippen LogP contribution is 2.35. The lowest BCUT2D eigenvalue weighted by molar-refractivity contribution is -0.0308. The highest BCUT2D eigenvalue weighted by atomic mass is 31.2. The van der Waals surface area contributed by atoms with Crippen LogP contribution in [-0.4, -0.2) is 248 Å². The van der Waals surface area contributed by atoms with Crippen molar-refractivity contribution < 1.29 is 104 Å². The topological polar surface area (TPSA) is 233 Å². The van der Waals surface area contributed by atoms with Crippen LogP contribution in [0.15, 0.2) is 141 Å². The van der Waals surface area contributed by atoms with Crippen LogP contribution in [0.2, 0.25) is 0 Å². The van der Waals surface area contributed by atoms with Crippen molar-refractivity contribution in [2.45, 2.75) is 0 Å². The van der Waals surface area contributed by atoms with Crippen molar-refractivity contribution in [1.82, 2.24) is 0 Å². The highest BCUT2D eigenvalue weighted by molar-refractivity contribution is 7.46. The molecule has 4 aromatic carbocycles. The first-order valence-electron chi connectivity index (χ1n) is 30.1. The van der Waals surface area contributed by atoms with E-state index in [4.69, 9.17) is 95.1 Å². The summed E-state index contributed by atoms with van der Waals surface area (Å²) in [4.78, 5) is 17.1. The summed E-state index contributed by atoms with van der Waals surface area (Å²) >= 11 is 0. The molecule has 4 aromatic rings. The van der Waals surface area contributed by atoms with Gasteiger partial charge in [0.15, 0.2) is 0 Å². The average molecular weight is 1280 g/mol. The predicted octanol–water partition coefficient (Wildman–Crippen LogP) is 8.45. The minimum absolute atomic E-state index is 0.0717. The van der Waals surface area contributed by atoms with Crippen LogP contribution in [0.25, 0.3) is 18.2 Å². The quantitative estimate of drug-likeness (QED) is 0.0312. The van der Waals surface area contributed by atoms with E-state index in [1.807, 2.05) is 140 Å². The fourth-order valence-electron chi connectivity index (χ4n) is 6.34. The van der Waals surface area contributed by atoms with Crippen LogP contribution in [0, 0.1) is 0 Å². The second kappa shape index (κ2) is 67.7. The molecule has 23 heteroatoms. The molecule has 22 nitrogen and oxygen atoms in total. The van der Waals surface area contributed by atoms with Crippen molar-refractivity contribution in [3.63, 3.8) is 0 Å². The van der Waals surface area contributed by atoms with Gasteiger partial charge in [-0.2, -0.15) is 0 Å². The molecule has 0 saturated carbocycles. The van der Waals surface area contributed by atoms with Gasteiger partial charge < -0.3 is 95.1 Å². The maximum Gasteiger partial charge on any atom is 0.469 e. The fraction of sp³-hybridized carbons (Fsp3) is 0.545. The van der Waals surface area contributed by atoms with Crippen molar-refractivity contribution >= 4 is 26.1 Å². The summed E-state index contributed by atoms with van der Waals surface area (Å²) in [6.07, 6.45) is 5.50. The second-order valence-corrected chi connectivity index (χ2v) is 19.0. The molecule has 4 rings (SSSR count). The Morgan fingerprint density at radius 3 is 0.562 bits per heavy atom. The zero-order valence-corrected chi connectivity index (χ0v) is 53.3. The smallest absolute Gasteiger partial charge is 0.469 e. The van der Waals surface area contributed by atoms with E-state index in [1.165, 1.54) is 16.7 Å². The fourth-order valence-corrected chi connectivity index (χ4v) is 6.65. The lowest BCUT2D eigenvalue weighted by Crippen LogP contribution is -2.16. The molecule has 0 aliphatic carbocycles. The summed E-state index contributed by atoms with van der Waals surface area (Å²) in [6, 6.07) is 39.7. The zero-order chi connectivity index (χ0) is 64.0. The molecule has 0 bridgehead atoms. The first-order chi connectivity index (χ1) is 43.9. The Balaban J connectivity index is 0.00000134. The van der Waals surface area contributed by atoms with Crippen molar-refractivity contribution in [3.8, 4) is 5.75 Å². The van der Waals surface area contributed by atoms with E-state index in [0.29, 0.717) is 218 Å². The average Bonchev–Trinajstić information content (AvgIpc) is 3.57. The maximum atomic E-state index is 10.5. The molecular formula is C66H103O22P. The molecule has 89 heavy (non-hydrogen) atoms. The molecule has 0 radical (unpaired) electrons. The molecule has 0 aliphatic rings. The van der Waals surface area contributed by atoms with Gasteiger partial charge in [0.05, 0.1) is 231 Å². The van der Waals surface area contributed by atoms with Gasteiger partial charge in [0.1, 0.15) is 12.4 Å². The number of hydrogen-bond acceptors (Lipinski definition) is 20. The van der Waals surface area contributed by atoms with Crippen molar-refractivity contribution in [1.29, 1.82) is 0 Å². The van der Waals surface area contributed by atoms with Crippen molar-refractivity contribution in [3.05, 3.63) is 158 Å². The van der Waals surface area contributed by atoms with Crippen LogP contribution in [0.5, 0.6) is 5.75 Å². The third-order valence-corrected chi connectivity index (χ3v) is 11.3. The molecule has 504 valence electrons. The van der Waals surface area contributed by atoms with Crippen LogP contribution >= 0.6 is 7.82 Å². The third kappa shape index (κ3) is 64.7. The number of hydrogen-bond donors (Lipinski definition) is 2. The normalized spacial score (nSPS) is 10.9. The van der Waals surface area contributed by atoms with E-state index in [1.54, 1.807) is 0 Å². The van der Waals surface area contributed by atoms with Gasteiger partial charge in [-0.15, -0.1) is 0 Å². The number of para-hydroxylation sites is 1. The first kappa shape index (κ1) is 82.3. The Labute approximate surface area is 529 Å². The second-order valence-electron chi connectivity index (χ2n) is 17.7. The lowest BCUT2D eigenvalue weighted by Gasteiger charge is -2.09. The first-order valence-corrected chi connectivity index (χ1v) is 31.6. The Hall–Kier alpha value is -4.67. The number of rotatable bonds is 59. The largest absolute Gasteiger partial charge is 0.491 e. The summed E-state index contributed by atoms with van der Waals surface area (Å²) < 4.78 is 113. The third-order valence-electron chi connectivity index (χ3n) is 10.8. The maximum absolute atomic E-state index is 10.5. The summed E-state index contributed by atoms with van der Waals surface area (Å²) in [6.45, 7) is 26.8. The Morgan fingerprint density at radius 2 is 0.404 bits per heavy atom. The van der Waals surface area contributed by atoms with E-state index in [-0.39, 0.29) is 19.8 Å². The number of ether oxygens (including phenoxy) is 18. The van der Waals surface area contributed by atoms with Crippen molar-refractivity contribution in [2.24, 2.45) is 0 Å². The molecule has 0 unspecified atom stereocenters. The highest BCUT2D eigenvalue weighted by Gasteiger charge is 2.12. The summed E-state index contributed by atoms with van der Waals surface area (Å²) in [5.41, 5.74) is 3.52.